The van der Waals surface area contributed by atoms with Gasteiger partial charge in [0.25, 0.3) is 0 Å². The molecule has 2 N–H and O–H groups in total. The number of hydrogen-bond donors (Lipinski definition) is 2. The number of thiazole rings is 1. The first-order valence-electron chi connectivity index (χ1n) is 11.8. The van der Waals surface area contributed by atoms with Gasteiger partial charge in [-0.05, 0) is 55.9 Å². The number of carboxylic acid groups (broad SMARTS) is 1. The van der Waals surface area contributed by atoms with Crippen LogP contribution in [0.15, 0.2) is 39.6 Å². The molecule has 196 valence electrons. The summed E-state index contributed by atoms with van der Waals surface area (Å²) in [5.74, 6) is -1.77. The van der Waals surface area contributed by atoms with Crippen LogP contribution >= 0.6 is 11.3 Å². The fraction of sp³-hybridized carbons (Fsp3) is 0.522. The molecule has 2 atom stereocenters. The maximum absolute atomic E-state index is 13.3. The smallest absolute Gasteiger partial charge is 0.328 e. The van der Waals surface area contributed by atoms with Crippen LogP contribution in [0.3, 0.4) is 0 Å². The van der Waals surface area contributed by atoms with Crippen LogP contribution in [0, 0.1) is 11.8 Å². The molecule has 0 spiro atoms. The lowest BCUT2D eigenvalue weighted by Gasteiger charge is -2.26. The Morgan fingerprint density at radius 3 is 2.33 bits per heavy atom. The Morgan fingerprint density at radius 2 is 1.72 bits per heavy atom. The Kier molecular flexibility index (Phi) is 7.72. The van der Waals surface area contributed by atoms with Gasteiger partial charge in [-0.3, -0.25) is 15.0 Å². The molecule has 1 heterocycles. The summed E-state index contributed by atoms with van der Waals surface area (Å²) in [6.45, 7) is 0.433. The molecule has 2 saturated carbocycles. The fourth-order valence-electron chi connectivity index (χ4n) is 4.97. The molecule has 2 aromatic rings. The molecular weight excluding hydrogens is 526 g/mol. The molecular formula is C23H29N3O7S3. The quantitative estimate of drug-likeness (QED) is 0.499. The van der Waals surface area contributed by atoms with Crippen LogP contribution in [-0.2, 0) is 24.5 Å². The van der Waals surface area contributed by atoms with Crippen LogP contribution in [0.4, 0.5) is 15.6 Å². The Morgan fingerprint density at radius 1 is 1.06 bits per heavy atom. The number of carbonyl (C=O) groups excluding carboxylic acids is 1. The van der Waals surface area contributed by atoms with Gasteiger partial charge in [0, 0.05) is 18.5 Å². The van der Waals surface area contributed by atoms with Crippen molar-refractivity contribution in [2.75, 3.05) is 23.0 Å². The van der Waals surface area contributed by atoms with E-state index in [2.05, 4.69) is 10.3 Å². The van der Waals surface area contributed by atoms with Crippen LogP contribution in [-0.4, -0.2) is 57.0 Å². The third-order valence-corrected chi connectivity index (χ3v) is 11.7. The van der Waals surface area contributed by atoms with Crippen LogP contribution in [0.25, 0.3) is 0 Å². The zero-order chi connectivity index (χ0) is 26.1. The molecule has 0 bridgehead atoms. The van der Waals surface area contributed by atoms with Crippen LogP contribution in [0.2, 0.25) is 0 Å². The second-order valence-electron chi connectivity index (χ2n) is 9.40. The number of anilines is 2. The largest absolute Gasteiger partial charge is 0.481 e. The van der Waals surface area contributed by atoms with Gasteiger partial charge in [0.15, 0.2) is 24.8 Å². The average molecular weight is 556 g/mol. The molecule has 2 aliphatic rings. The molecule has 0 aliphatic heterocycles. The number of sulfone groups is 2. The molecule has 2 aliphatic carbocycles. The van der Waals surface area contributed by atoms with Crippen molar-refractivity contribution in [2.24, 2.45) is 11.8 Å². The van der Waals surface area contributed by atoms with Crippen molar-refractivity contribution in [3.8, 4) is 0 Å². The Bertz CT molecular complexity index is 1330. The van der Waals surface area contributed by atoms with E-state index >= 15 is 0 Å². The first-order chi connectivity index (χ1) is 17.0. The number of rotatable bonds is 8. The topological polar surface area (TPSA) is 151 Å². The Labute approximate surface area is 214 Å². The van der Waals surface area contributed by atoms with Gasteiger partial charge in [-0.25, -0.2) is 26.6 Å². The van der Waals surface area contributed by atoms with Gasteiger partial charge in [0.2, 0.25) is 0 Å². The Hall–Kier alpha value is -2.51. The molecule has 0 radical (unpaired) electrons. The number of benzene rings is 1. The zero-order valence-corrected chi connectivity index (χ0v) is 22.2. The molecule has 1 unspecified atom stereocenters. The average Bonchev–Trinajstić information content (AvgIpc) is 3.59. The lowest BCUT2D eigenvalue weighted by molar-refractivity contribution is -0.141. The molecule has 1 aromatic carbocycles. The van der Waals surface area contributed by atoms with E-state index in [1.54, 1.807) is 12.1 Å². The molecule has 10 nitrogen and oxygen atoms in total. The molecule has 4 rings (SSSR count). The summed E-state index contributed by atoms with van der Waals surface area (Å²) in [5, 5.41) is 11.1. The summed E-state index contributed by atoms with van der Waals surface area (Å²) in [4.78, 5) is 30.5. The predicted molar refractivity (Wildman–Crippen MR) is 136 cm³/mol. The van der Waals surface area contributed by atoms with Crippen LogP contribution in [0.1, 0.15) is 44.9 Å². The number of aliphatic carboxylic acids is 1. The number of amides is 2. The van der Waals surface area contributed by atoms with Crippen LogP contribution < -0.4 is 10.2 Å². The van der Waals surface area contributed by atoms with E-state index in [9.17, 15) is 31.5 Å². The van der Waals surface area contributed by atoms with E-state index in [0.717, 1.165) is 49.5 Å². The molecule has 2 fully saturated rings. The second-order valence-corrected chi connectivity index (χ2v) is 14.8. The first-order valence-corrected chi connectivity index (χ1v) is 16.0. The van der Waals surface area contributed by atoms with E-state index in [4.69, 9.17) is 0 Å². The standard InChI is InChI=1S/C23H29N3O7S3/c1-35(30,31)17-11-9-16(10-12-17)26(14-15-5-2-3-6-15)23(29)25-22-24-13-20(34-22)36(32,33)19-8-4-7-18(19)21(27)28/h9-13,15,18-19H,2-8,14H2,1H3,(H,27,28)(H,24,25,29)/t18-,19?/m1/s1. The zero-order valence-electron chi connectivity index (χ0n) is 19.8. The lowest BCUT2D eigenvalue weighted by atomic mass is 10.1. The van der Waals surface area contributed by atoms with Crippen molar-refractivity contribution in [1.29, 1.82) is 0 Å². The highest BCUT2D eigenvalue weighted by molar-refractivity contribution is 7.94. The molecule has 1 aromatic heterocycles. The van der Waals surface area contributed by atoms with Gasteiger partial charge in [-0.1, -0.05) is 30.6 Å². The van der Waals surface area contributed by atoms with Crippen molar-refractivity contribution in [2.45, 2.75) is 59.3 Å². The number of carbonyl (C=O) groups is 2. The summed E-state index contributed by atoms with van der Waals surface area (Å²) < 4.78 is 49.7. The van der Waals surface area contributed by atoms with E-state index < -0.39 is 42.8 Å². The summed E-state index contributed by atoms with van der Waals surface area (Å²) >= 11 is 0.800. The van der Waals surface area contributed by atoms with Crippen molar-refractivity contribution in [3.05, 3.63) is 30.5 Å². The number of urea groups is 1. The van der Waals surface area contributed by atoms with Gasteiger partial charge in [-0.2, -0.15) is 0 Å². The van der Waals surface area contributed by atoms with E-state index in [1.165, 1.54) is 17.0 Å². The van der Waals surface area contributed by atoms with E-state index in [1.807, 2.05) is 0 Å². The highest BCUT2D eigenvalue weighted by Crippen LogP contribution is 2.37. The molecule has 13 heteroatoms. The molecule has 0 saturated heterocycles. The van der Waals surface area contributed by atoms with Gasteiger partial charge < -0.3 is 5.11 Å². The summed E-state index contributed by atoms with van der Waals surface area (Å²) in [6.07, 6.45) is 7.52. The van der Waals surface area contributed by atoms with Gasteiger partial charge in [0.1, 0.15) is 4.21 Å². The maximum atomic E-state index is 13.3. The van der Waals surface area contributed by atoms with E-state index in [0.29, 0.717) is 31.0 Å². The summed E-state index contributed by atoms with van der Waals surface area (Å²) in [7, 11) is -7.29. The van der Waals surface area contributed by atoms with Crippen LogP contribution in [0.5, 0.6) is 0 Å². The summed E-state index contributed by atoms with van der Waals surface area (Å²) in [6, 6.07) is 5.56. The summed E-state index contributed by atoms with van der Waals surface area (Å²) in [5.41, 5.74) is 0.520. The first kappa shape index (κ1) is 26.6. The van der Waals surface area contributed by atoms with Gasteiger partial charge >= 0.3 is 12.0 Å². The lowest BCUT2D eigenvalue weighted by Crippen LogP contribution is -2.38. The second kappa shape index (κ2) is 10.5. The minimum atomic E-state index is -3.90. The fourth-order valence-corrected chi connectivity index (χ4v) is 8.87. The van der Waals surface area contributed by atoms with Gasteiger partial charge in [-0.15, -0.1) is 0 Å². The predicted octanol–water partition coefficient (Wildman–Crippen LogP) is 3.80. The number of carboxylic acids is 1. The van der Waals surface area contributed by atoms with Crippen molar-refractivity contribution >= 4 is 53.8 Å². The third-order valence-electron chi connectivity index (χ3n) is 6.88. The highest BCUT2D eigenvalue weighted by atomic mass is 32.2. The molecule has 36 heavy (non-hydrogen) atoms. The number of hydrogen-bond acceptors (Lipinski definition) is 8. The van der Waals surface area contributed by atoms with Crippen molar-refractivity contribution in [1.82, 2.24) is 4.98 Å². The normalized spacial score (nSPS) is 20.9. The van der Waals surface area contributed by atoms with E-state index in [-0.39, 0.29) is 20.7 Å². The highest BCUT2D eigenvalue weighted by Gasteiger charge is 2.43. The molecule has 2 amide bonds. The monoisotopic (exact) mass is 555 g/mol. The number of nitrogens with one attached hydrogen (secondary N) is 1. The Balaban J connectivity index is 1.54. The van der Waals surface area contributed by atoms with Crippen molar-refractivity contribution < 1.29 is 31.5 Å². The van der Waals surface area contributed by atoms with Gasteiger partial charge in [0.05, 0.1) is 22.3 Å². The number of aromatic nitrogens is 1. The minimum absolute atomic E-state index is 0.0733. The van der Waals surface area contributed by atoms with Crippen molar-refractivity contribution in [3.63, 3.8) is 0 Å². The number of nitrogens with zero attached hydrogens (tertiary/aromatic N) is 2. The third kappa shape index (κ3) is 5.73. The SMILES string of the molecule is CS(=O)(=O)c1ccc(N(CC2CCCC2)C(=O)Nc2ncc(S(=O)(=O)C3CCC[C@H]3C(=O)O)s2)cc1. The maximum Gasteiger partial charge on any atom is 0.328 e. The minimum Gasteiger partial charge on any atom is -0.481 e.